The molecule has 2 heterocycles. The average molecular weight is 527 g/mol. The number of fused-ring (bicyclic) bond motifs is 2. The lowest BCUT2D eigenvalue weighted by atomic mass is 9.94. The van der Waals surface area contributed by atoms with Crippen molar-refractivity contribution < 1.29 is 4.57 Å². The Morgan fingerprint density at radius 1 is 1.00 bits per heavy atom. The van der Waals surface area contributed by atoms with Gasteiger partial charge in [0.15, 0.2) is 0 Å². The standard InChI is InChI=1S/C28H27Cl2N2S2/c1-3-31-23-12-10-21(29)17-25(23)33-27(31)14-8-19-6-5-7-20(16-19)9-15-28-32(4-2)24-13-11-22(30)18-26(24)34-28/h8-18H,3-7H2,1-2H3/q+1. The van der Waals surface area contributed by atoms with E-state index in [2.05, 4.69) is 78.0 Å². The van der Waals surface area contributed by atoms with Crippen LogP contribution in [-0.4, -0.2) is 6.54 Å². The molecular weight excluding hydrogens is 499 g/mol. The Balaban J connectivity index is 1.38. The summed E-state index contributed by atoms with van der Waals surface area (Å²) < 4.78 is 3.59. The molecule has 0 fully saturated rings. The Bertz CT molecular complexity index is 1360. The molecule has 0 atom stereocenters. The lowest BCUT2D eigenvalue weighted by Crippen LogP contribution is -2.33. The number of rotatable bonds is 5. The number of aromatic nitrogens is 1. The van der Waals surface area contributed by atoms with Crippen molar-refractivity contribution >= 4 is 68.3 Å². The van der Waals surface area contributed by atoms with Crippen molar-refractivity contribution in [1.82, 2.24) is 0 Å². The zero-order valence-electron chi connectivity index (χ0n) is 19.4. The van der Waals surface area contributed by atoms with Gasteiger partial charge >= 0.3 is 0 Å². The maximum Gasteiger partial charge on any atom is 0.262 e. The number of hydrogen-bond acceptors (Lipinski definition) is 3. The predicted octanol–water partition coefficient (Wildman–Crippen LogP) is 9.04. The number of anilines is 1. The second kappa shape index (κ2) is 10.3. The van der Waals surface area contributed by atoms with E-state index in [1.54, 1.807) is 23.1 Å². The average Bonchev–Trinajstić information content (AvgIpc) is 3.37. The molecule has 0 spiro atoms. The molecule has 2 aliphatic rings. The van der Waals surface area contributed by atoms with Gasteiger partial charge in [-0.3, -0.25) is 0 Å². The first-order chi connectivity index (χ1) is 16.6. The van der Waals surface area contributed by atoms with Crippen LogP contribution in [0.5, 0.6) is 0 Å². The molecule has 1 aliphatic heterocycles. The van der Waals surface area contributed by atoms with Crippen LogP contribution in [0, 0.1) is 0 Å². The summed E-state index contributed by atoms with van der Waals surface area (Å²) in [7, 11) is 0. The quantitative estimate of drug-likeness (QED) is 0.306. The van der Waals surface area contributed by atoms with Crippen molar-refractivity contribution in [2.75, 3.05) is 11.4 Å². The van der Waals surface area contributed by atoms with Gasteiger partial charge in [-0.1, -0.05) is 64.5 Å². The second-order valence-corrected chi connectivity index (χ2v) is 11.4. The monoisotopic (exact) mass is 525 g/mol. The fraction of sp³-hybridized carbons (Fsp3) is 0.250. The SMILES string of the molecule is CCN1/C(=C/C=C2C=C(/C=C/c3sc4cc(Cl)ccc4[n+]3CC)CCC/2)Sc2cc(Cl)ccc21. The molecule has 3 aromatic rings. The molecule has 174 valence electrons. The van der Waals surface area contributed by atoms with Crippen LogP contribution < -0.4 is 9.47 Å². The minimum Gasteiger partial charge on any atom is -0.335 e. The van der Waals surface area contributed by atoms with E-state index < -0.39 is 0 Å². The van der Waals surface area contributed by atoms with Gasteiger partial charge in [-0.25, -0.2) is 0 Å². The number of hydrogen-bond donors (Lipinski definition) is 0. The topological polar surface area (TPSA) is 7.12 Å². The smallest absolute Gasteiger partial charge is 0.262 e. The molecule has 6 heteroatoms. The minimum absolute atomic E-state index is 0.791. The van der Waals surface area contributed by atoms with E-state index in [9.17, 15) is 0 Å². The van der Waals surface area contributed by atoms with Gasteiger partial charge in [-0.15, -0.1) is 0 Å². The fourth-order valence-corrected chi connectivity index (χ4v) is 7.37. The van der Waals surface area contributed by atoms with Gasteiger partial charge in [0.2, 0.25) is 5.52 Å². The van der Waals surface area contributed by atoms with Crippen LogP contribution in [0.2, 0.25) is 10.0 Å². The van der Waals surface area contributed by atoms with E-state index in [1.165, 1.54) is 48.4 Å². The summed E-state index contributed by atoms with van der Waals surface area (Å²) in [5.41, 5.74) is 5.27. The predicted molar refractivity (Wildman–Crippen MR) is 150 cm³/mol. The molecule has 2 nitrogen and oxygen atoms in total. The van der Waals surface area contributed by atoms with Crippen molar-refractivity contribution in [1.29, 1.82) is 0 Å². The summed E-state index contributed by atoms with van der Waals surface area (Å²) >= 11 is 16.0. The van der Waals surface area contributed by atoms with Gasteiger partial charge in [-0.05, 0) is 80.7 Å². The fourth-order valence-electron chi connectivity index (χ4n) is 4.56. The van der Waals surface area contributed by atoms with Crippen molar-refractivity contribution in [3.63, 3.8) is 0 Å². The highest BCUT2D eigenvalue weighted by molar-refractivity contribution is 8.03. The summed E-state index contributed by atoms with van der Waals surface area (Å²) in [5, 5.41) is 4.10. The van der Waals surface area contributed by atoms with Crippen molar-refractivity contribution in [3.05, 3.63) is 91.9 Å². The van der Waals surface area contributed by atoms with E-state index in [-0.39, 0.29) is 0 Å². The zero-order valence-corrected chi connectivity index (χ0v) is 22.5. The molecule has 5 rings (SSSR count). The van der Waals surface area contributed by atoms with Crippen molar-refractivity contribution in [2.45, 2.75) is 44.6 Å². The molecule has 0 amide bonds. The van der Waals surface area contributed by atoms with E-state index >= 15 is 0 Å². The number of allylic oxidation sites excluding steroid dienone is 6. The molecule has 1 aromatic heterocycles. The number of thiazole rings is 1. The van der Waals surface area contributed by atoms with Gasteiger partial charge in [0, 0.05) is 33.6 Å². The summed E-state index contributed by atoms with van der Waals surface area (Å²) in [5.74, 6) is 0. The normalized spacial score (nSPS) is 18.5. The summed E-state index contributed by atoms with van der Waals surface area (Å²) in [6.07, 6.45) is 14.9. The zero-order chi connectivity index (χ0) is 23.7. The summed E-state index contributed by atoms with van der Waals surface area (Å²) in [4.78, 5) is 3.59. The Hall–Kier alpha value is -1.98. The third-order valence-electron chi connectivity index (χ3n) is 6.20. The summed E-state index contributed by atoms with van der Waals surface area (Å²) in [6, 6.07) is 12.3. The van der Waals surface area contributed by atoms with Gasteiger partial charge in [-0.2, -0.15) is 4.57 Å². The van der Waals surface area contributed by atoms with Crippen LogP contribution in [0.25, 0.3) is 16.3 Å². The molecule has 0 N–H and O–H groups in total. The lowest BCUT2D eigenvalue weighted by Gasteiger charge is -2.18. The van der Waals surface area contributed by atoms with Crippen LogP contribution >= 0.6 is 46.3 Å². The summed E-state index contributed by atoms with van der Waals surface area (Å²) in [6.45, 7) is 6.27. The third kappa shape index (κ3) is 4.87. The van der Waals surface area contributed by atoms with Gasteiger partial charge in [0.25, 0.3) is 5.01 Å². The highest BCUT2D eigenvalue weighted by Crippen LogP contribution is 2.46. The number of nitrogens with zero attached hydrogens (tertiary/aromatic N) is 2. The Labute approximate surface area is 219 Å². The Kier molecular flexibility index (Phi) is 7.22. The third-order valence-corrected chi connectivity index (χ3v) is 8.90. The van der Waals surface area contributed by atoms with Crippen molar-refractivity contribution in [2.24, 2.45) is 0 Å². The van der Waals surface area contributed by atoms with E-state index in [0.717, 1.165) is 36.0 Å². The molecule has 2 aromatic carbocycles. The maximum absolute atomic E-state index is 6.22. The molecule has 34 heavy (non-hydrogen) atoms. The largest absolute Gasteiger partial charge is 0.335 e. The Morgan fingerprint density at radius 2 is 1.82 bits per heavy atom. The number of thioether (sulfide) groups is 1. The van der Waals surface area contributed by atoms with Crippen molar-refractivity contribution in [3.8, 4) is 0 Å². The molecule has 0 unspecified atom stereocenters. The van der Waals surface area contributed by atoms with E-state index in [0.29, 0.717) is 0 Å². The second-order valence-electron chi connectivity index (χ2n) is 8.41. The Morgan fingerprint density at radius 3 is 2.65 bits per heavy atom. The lowest BCUT2D eigenvalue weighted by molar-refractivity contribution is -0.665. The highest BCUT2D eigenvalue weighted by Gasteiger charge is 2.23. The van der Waals surface area contributed by atoms with Crippen LogP contribution in [0.15, 0.2) is 81.8 Å². The maximum atomic E-state index is 6.22. The molecule has 1 aliphatic carbocycles. The molecule has 0 saturated heterocycles. The molecule has 0 radical (unpaired) electrons. The molecule has 0 bridgehead atoms. The van der Waals surface area contributed by atoms with Crippen LogP contribution in [-0.2, 0) is 6.54 Å². The van der Waals surface area contributed by atoms with Crippen LogP contribution in [0.4, 0.5) is 5.69 Å². The van der Waals surface area contributed by atoms with E-state index in [4.69, 9.17) is 23.2 Å². The van der Waals surface area contributed by atoms with Crippen LogP contribution in [0.1, 0.15) is 38.1 Å². The first-order valence-corrected chi connectivity index (χ1v) is 14.1. The molecular formula is C28H27Cl2N2S2+. The first-order valence-electron chi connectivity index (χ1n) is 11.7. The molecule has 0 saturated carbocycles. The minimum atomic E-state index is 0.791. The van der Waals surface area contributed by atoms with E-state index in [1.807, 2.05) is 12.1 Å². The number of halogens is 2. The van der Waals surface area contributed by atoms with Gasteiger partial charge < -0.3 is 4.90 Å². The van der Waals surface area contributed by atoms with Crippen LogP contribution in [0.3, 0.4) is 0 Å². The van der Waals surface area contributed by atoms with Gasteiger partial charge in [0.05, 0.1) is 10.7 Å². The number of aryl methyl sites for hydroxylation is 1. The first kappa shape index (κ1) is 23.7. The van der Waals surface area contributed by atoms with Gasteiger partial charge in [0.1, 0.15) is 11.2 Å². The number of benzene rings is 2. The highest BCUT2D eigenvalue weighted by atomic mass is 35.5.